The summed E-state index contributed by atoms with van der Waals surface area (Å²) in [5.41, 5.74) is 5.73. The number of nitrogen functional groups attached to an aromatic ring is 1. The van der Waals surface area contributed by atoms with Gasteiger partial charge in [0.25, 0.3) is 0 Å². The molecule has 0 aromatic carbocycles. The lowest BCUT2D eigenvalue weighted by molar-refractivity contribution is 0.996. The molecule has 84 valence electrons. The number of aryl methyl sites for hydroxylation is 1. The average Bonchev–Trinajstić information content (AvgIpc) is 2.81. The van der Waals surface area contributed by atoms with Gasteiger partial charge in [-0.3, -0.25) is 0 Å². The van der Waals surface area contributed by atoms with Gasteiger partial charge in [0, 0.05) is 22.2 Å². The van der Waals surface area contributed by atoms with Crippen LogP contribution >= 0.6 is 11.3 Å². The van der Waals surface area contributed by atoms with Crippen molar-refractivity contribution in [2.75, 3.05) is 5.43 Å². The van der Waals surface area contributed by atoms with Gasteiger partial charge >= 0.3 is 0 Å². The van der Waals surface area contributed by atoms with Crippen LogP contribution in [-0.2, 0) is 6.42 Å². The molecule has 0 atom stereocenters. The van der Waals surface area contributed by atoms with Crippen molar-refractivity contribution in [3.8, 4) is 11.4 Å². The van der Waals surface area contributed by atoms with E-state index in [9.17, 15) is 0 Å². The van der Waals surface area contributed by atoms with Gasteiger partial charge in [-0.2, -0.15) is 11.3 Å². The molecule has 2 rings (SSSR count). The number of hydrazine groups is 1. The maximum atomic E-state index is 5.48. The number of nitrogens with two attached hydrogens (primary N) is 1. The van der Waals surface area contributed by atoms with Crippen LogP contribution in [0.3, 0.4) is 0 Å². The zero-order valence-corrected chi connectivity index (χ0v) is 10.1. The first-order valence-electron chi connectivity index (χ1n) is 5.13. The van der Waals surface area contributed by atoms with E-state index in [1.54, 1.807) is 11.3 Å². The molecule has 0 saturated carbocycles. The lowest BCUT2D eigenvalue weighted by Gasteiger charge is -2.10. The summed E-state index contributed by atoms with van der Waals surface area (Å²) in [7, 11) is 0. The van der Waals surface area contributed by atoms with Gasteiger partial charge in [-0.05, 0) is 24.8 Å². The van der Waals surface area contributed by atoms with Crippen LogP contribution in [0.1, 0.15) is 18.2 Å². The minimum absolute atomic E-state index is 0.719. The number of hydrogen-bond acceptors (Lipinski definition) is 5. The van der Waals surface area contributed by atoms with Gasteiger partial charge in [-0.1, -0.05) is 6.92 Å². The van der Waals surface area contributed by atoms with E-state index in [1.807, 2.05) is 23.8 Å². The SMILES string of the molecule is CCc1c(C)nc(-c2ccsc2)nc1NN. The molecule has 2 aromatic heterocycles. The maximum absolute atomic E-state index is 5.48. The predicted molar refractivity (Wildman–Crippen MR) is 67.3 cm³/mol. The number of hydrogen-bond donors (Lipinski definition) is 2. The Balaban J connectivity index is 2.54. The number of anilines is 1. The van der Waals surface area contributed by atoms with Crippen molar-refractivity contribution in [1.82, 2.24) is 9.97 Å². The molecule has 0 aliphatic rings. The number of thiophene rings is 1. The number of nitrogens with one attached hydrogen (secondary N) is 1. The van der Waals surface area contributed by atoms with Crippen LogP contribution in [0.2, 0.25) is 0 Å². The first-order valence-corrected chi connectivity index (χ1v) is 6.07. The van der Waals surface area contributed by atoms with Crippen molar-refractivity contribution >= 4 is 17.2 Å². The Morgan fingerprint density at radius 2 is 2.25 bits per heavy atom. The van der Waals surface area contributed by atoms with Gasteiger partial charge in [0.05, 0.1) is 0 Å². The monoisotopic (exact) mass is 234 g/mol. The number of rotatable bonds is 3. The fourth-order valence-corrected chi connectivity index (χ4v) is 2.29. The normalized spacial score (nSPS) is 10.4. The molecule has 2 aromatic rings. The van der Waals surface area contributed by atoms with Crippen LogP contribution in [0.4, 0.5) is 5.82 Å². The van der Waals surface area contributed by atoms with Crippen molar-refractivity contribution < 1.29 is 0 Å². The fraction of sp³-hybridized carbons (Fsp3) is 0.273. The topological polar surface area (TPSA) is 63.8 Å². The van der Waals surface area contributed by atoms with Crippen molar-refractivity contribution in [3.63, 3.8) is 0 Å². The quantitative estimate of drug-likeness (QED) is 0.632. The summed E-state index contributed by atoms with van der Waals surface area (Å²) in [5.74, 6) is 6.92. The lowest BCUT2D eigenvalue weighted by atomic mass is 10.1. The molecule has 0 unspecified atom stereocenters. The fourth-order valence-electron chi connectivity index (χ4n) is 1.66. The third-order valence-corrected chi connectivity index (χ3v) is 3.17. The second-order valence-electron chi connectivity index (χ2n) is 3.47. The average molecular weight is 234 g/mol. The van der Waals surface area contributed by atoms with E-state index < -0.39 is 0 Å². The van der Waals surface area contributed by atoms with Crippen molar-refractivity contribution in [3.05, 3.63) is 28.1 Å². The Hall–Kier alpha value is -1.46. The standard InChI is InChI=1S/C11H14N4S/c1-3-9-7(2)13-10(14-11(9)15-12)8-4-5-16-6-8/h4-6H,3,12H2,1-2H3,(H,13,14,15). The number of nitrogens with zero attached hydrogens (tertiary/aromatic N) is 2. The summed E-state index contributed by atoms with van der Waals surface area (Å²) < 4.78 is 0. The summed E-state index contributed by atoms with van der Waals surface area (Å²) in [6, 6.07) is 2.01. The van der Waals surface area contributed by atoms with Gasteiger partial charge in [0.2, 0.25) is 0 Å². The molecule has 4 nitrogen and oxygen atoms in total. The van der Waals surface area contributed by atoms with Crippen molar-refractivity contribution in [2.45, 2.75) is 20.3 Å². The van der Waals surface area contributed by atoms with E-state index in [2.05, 4.69) is 22.3 Å². The second-order valence-corrected chi connectivity index (χ2v) is 4.25. The molecule has 5 heteroatoms. The van der Waals surface area contributed by atoms with Crippen LogP contribution in [0, 0.1) is 6.92 Å². The van der Waals surface area contributed by atoms with Gasteiger partial charge in [-0.25, -0.2) is 15.8 Å². The first kappa shape index (κ1) is 11.0. The van der Waals surface area contributed by atoms with Crippen LogP contribution in [0.25, 0.3) is 11.4 Å². The van der Waals surface area contributed by atoms with Crippen molar-refractivity contribution in [1.29, 1.82) is 0 Å². The predicted octanol–water partition coefficient (Wildman–Crippen LogP) is 2.36. The lowest BCUT2D eigenvalue weighted by Crippen LogP contribution is -2.13. The minimum Gasteiger partial charge on any atom is -0.308 e. The molecular weight excluding hydrogens is 220 g/mol. The van der Waals surface area contributed by atoms with E-state index in [0.29, 0.717) is 0 Å². The third kappa shape index (κ3) is 1.91. The van der Waals surface area contributed by atoms with E-state index in [-0.39, 0.29) is 0 Å². The summed E-state index contributed by atoms with van der Waals surface area (Å²) in [4.78, 5) is 8.92. The van der Waals surface area contributed by atoms with Crippen LogP contribution in [0.5, 0.6) is 0 Å². The molecule has 0 bridgehead atoms. The van der Waals surface area contributed by atoms with Crippen molar-refractivity contribution in [2.24, 2.45) is 5.84 Å². The second kappa shape index (κ2) is 4.59. The molecule has 0 radical (unpaired) electrons. The maximum Gasteiger partial charge on any atom is 0.162 e. The summed E-state index contributed by atoms with van der Waals surface area (Å²) in [6.07, 6.45) is 0.870. The zero-order valence-electron chi connectivity index (χ0n) is 9.32. The highest BCUT2D eigenvalue weighted by Gasteiger charge is 2.10. The Morgan fingerprint density at radius 3 is 2.81 bits per heavy atom. The summed E-state index contributed by atoms with van der Waals surface area (Å²) in [5, 5.41) is 4.04. The molecule has 0 amide bonds. The molecule has 0 saturated heterocycles. The van der Waals surface area contributed by atoms with Crippen LogP contribution in [0.15, 0.2) is 16.8 Å². The summed E-state index contributed by atoms with van der Waals surface area (Å²) in [6.45, 7) is 4.05. The molecule has 0 aliphatic carbocycles. The van der Waals surface area contributed by atoms with E-state index in [1.165, 1.54) is 0 Å². The van der Waals surface area contributed by atoms with E-state index in [0.717, 1.165) is 34.9 Å². The molecule has 0 aliphatic heterocycles. The number of aromatic nitrogens is 2. The Bertz CT molecular complexity index is 479. The van der Waals surface area contributed by atoms with Crippen LogP contribution < -0.4 is 11.3 Å². The van der Waals surface area contributed by atoms with Gasteiger partial charge in [0.15, 0.2) is 5.82 Å². The first-order chi connectivity index (χ1) is 7.76. The molecule has 3 N–H and O–H groups in total. The zero-order chi connectivity index (χ0) is 11.5. The summed E-state index contributed by atoms with van der Waals surface area (Å²) >= 11 is 1.63. The van der Waals surface area contributed by atoms with Gasteiger partial charge in [0.1, 0.15) is 5.82 Å². The minimum atomic E-state index is 0.719. The van der Waals surface area contributed by atoms with Gasteiger partial charge < -0.3 is 5.43 Å². The highest BCUT2D eigenvalue weighted by Crippen LogP contribution is 2.23. The molecule has 0 fully saturated rings. The highest BCUT2D eigenvalue weighted by molar-refractivity contribution is 7.08. The Labute approximate surface area is 98.5 Å². The third-order valence-electron chi connectivity index (χ3n) is 2.48. The van der Waals surface area contributed by atoms with E-state index in [4.69, 9.17) is 5.84 Å². The molecular formula is C11H14N4S. The smallest absolute Gasteiger partial charge is 0.162 e. The van der Waals surface area contributed by atoms with Gasteiger partial charge in [-0.15, -0.1) is 0 Å². The van der Waals surface area contributed by atoms with Crippen LogP contribution in [-0.4, -0.2) is 9.97 Å². The highest BCUT2D eigenvalue weighted by atomic mass is 32.1. The largest absolute Gasteiger partial charge is 0.308 e. The molecule has 16 heavy (non-hydrogen) atoms. The Kier molecular flexibility index (Phi) is 3.17. The Morgan fingerprint density at radius 1 is 1.44 bits per heavy atom. The van der Waals surface area contributed by atoms with E-state index >= 15 is 0 Å². The molecule has 2 heterocycles. The molecule has 0 spiro atoms.